The van der Waals surface area contributed by atoms with Crippen molar-refractivity contribution in [3.63, 3.8) is 0 Å². The van der Waals surface area contributed by atoms with Crippen LogP contribution in [0.15, 0.2) is 36.9 Å². The van der Waals surface area contributed by atoms with Crippen molar-refractivity contribution in [2.45, 2.75) is 143 Å². The Balaban J connectivity index is 0.00000588. The van der Waals surface area contributed by atoms with E-state index in [1.807, 2.05) is 53.7 Å². The molecule has 2 aromatic heterocycles. The highest BCUT2D eigenvalue weighted by molar-refractivity contribution is 6.04. The third-order valence-electron chi connectivity index (χ3n) is 15.6. The summed E-state index contributed by atoms with van der Waals surface area (Å²) in [6, 6.07) is 3.00. The summed E-state index contributed by atoms with van der Waals surface area (Å²) in [5.41, 5.74) is 0.921. The van der Waals surface area contributed by atoms with Crippen LogP contribution in [0.5, 0.6) is 11.5 Å². The molecule has 0 bridgehead atoms. The number of nitrogens with zero attached hydrogens (tertiary/aromatic N) is 6. The summed E-state index contributed by atoms with van der Waals surface area (Å²) in [4.78, 5) is 104. The molecule has 24 heteroatoms. The Morgan fingerprint density at radius 3 is 1.26 bits per heavy atom. The first-order valence-corrected chi connectivity index (χ1v) is 27.4. The second-order valence-corrected chi connectivity index (χ2v) is 23.2. The lowest BCUT2D eigenvalue weighted by Crippen LogP contribution is -2.59. The lowest BCUT2D eigenvalue weighted by atomic mass is 9.82. The first-order chi connectivity index (χ1) is 37.1. The number of ether oxygens (including phenoxy) is 2. The van der Waals surface area contributed by atoms with Crippen molar-refractivity contribution >= 4 is 105 Å². The van der Waals surface area contributed by atoms with Gasteiger partial charge in [0.15, 0.2) is 0 Å². The van der Waals surface area contributed by atoms with E-state index in [1.165, 1.54) is 26.9 Å². The first-order valence-electron chi connectivity index (χ1n) is 27.4. The highest BCUT2D eigenvalue weighted by atomic mass is 35.5. The molecule has 440 valence electrons. The van der Waals surface area contributed by atoms with Gasteiger partial charge in [0.25, 0.3) is 0 Å². The summed E-state index contributed by atoms with van der Waals surface area (Å²) in [6.45, 7) is 17.0. The minimum absolute atomic E-state index is 0. The third-order valence-corrected chi connectivity index (χ3v) is 15.6. The maximum atomic E-state index is 14.1. The number of amides is 6. The number of fused-ring (bicyclic) bond motifs is 2. The van der Waals surface area contributed by atoms with Crippen LogP contribution in [-0.2, 0) is 28.8 Å². The minimum Gasteiger partial charge on any atom is -0.494 e. The molecule has 80 heavy (non-hydrogen) atoms. The van der Waals surface area contributed by atoms with Gasteiger partial charge in [-0.2, -0.15) is 0 Å². The van der Waals surface area contributed by atoms with Gasteiger partial charge in [-0.15, -0.1) is 24.8 Å². The average molecular weight is 1150 g/mol. The lowest BCUT2D eigenvalue weighted by Gasteiger charge is -2.36. The minimum atomic E-state index is -0.836. The number of likely N-dealkylation sites (tertiary alicyclic amines) is 2. The van der Waals surface area contributed by atoms with Crippen molar-refractivity contribution in [3.05, 3.63) is 36.9 Å². The van der Waals surface area contributed by atoms with Gasteiger partial charge < -0.3 is 61.8 Å². The molecule has 2 saturated heterocycles. The lowest BCUT2D eigenvalue weighted by molar-refractivity contribution is -0.143. The number of carbonyl (C=O) groups excluding carboxylic acids is 6. The Bertz CT molecular complexity index is 2650. The van der Waals surface area contributed by atoms with Crippen molar-refractivity contribution in [1.82, 2.24) is 51.0 Å². The monoisotopic (exact) mass is 1150 g/mol. The summed E-state index contributed by atoms with van der Waals surface area (Å²) in [7, 11) is 6.43. The van der Waals surface area contributed by atoms with Gasteiger partial charge in [0.2, 0.25) is 35.4 Å². The SMILES string of the molecule is CN[C@@H](C)C(=O)N[C@H](C(=O)N1CCC[C@H]1C(=O)Nc1cc2c(NCC3CCC(CNc4ncnc5cc(OC)c(NC(=O)[C@@H]6CCCN6C(=O)[C@@H](NC(=O)[C@H](C)NC)C(C)(C)C)cc45)CC3)ncnc2cc1OC)C(C)(C)C.Cl.Cl. The van der Waals surface area contributed by atoms with Gasteiger partial charge >= 0.3 is 0 Å². The van der Waals surface area contributed by atoms with Crippen LogP contribution in [0.4, 0.5) is 23.0 Å². The van der Waals surface area contributed by atoms with Gasteiger partial charge in [-0.05, 0) is 114 Å². The zero-order valence-electron chi connectivity index (χ0n) is 48.3. The molecule has 3 aliphatic rings. The van der Waals surface area contributed by atoms with Gasteiger partial charge in [-0.25, -0.2) is 19.9 Å². The number of carbonyl (C=O) groups is 6. The summed E-state index contributed by atoms with van der Waals surface area (Å²) < 4.78 is 11.5. The molecular formula is C56H84Cl2N14O8. The topological polar surface area (TPSA) is 275 Å². The number of methoxy groups -OCH3 is 2. The van der Waals surface area contributed by atoms with Crippen LogP contribution in [0, 0.1) is 22.7 Å². The van der Waals surface area contributed by atoms with Crippen molar-refractivity contribution in [3.8, 4) is 11.5 Å². The van der Waals surface area contributed by atoms with E-state index in [-0.39, 0.29) is 60.3 Å². The number of nitrogens with one attached hydrogen (secondary N) is 8. The molecule has 1 saturated carbocycles. The van der Waals surface area contributed by atoms with E-state index >= 15 is 0 Å². The van der Waals surface area contributed by atoms with E-state index in [0.29, 0.717) is 120 Å². The number of aromatic nitrogens is 4. The fraction of sp³-hybridized carbons (Fsp3) is 0.607. The Hall–Kier alpha value is -6.36. The van der Waals surface area contributed by atoms with Crippen molar-refractivity contribution in [2.75, 3.05) is 75.8 Å². The molecule has 2 aliphatic heterocycles. The van der Waals surface area contributed by atoms with E-state index in [4.69, 9.17) is 9.47 Å². The zero-order chi connectivity index (χ0) is 56.6. The van der Waals surface area contributed by atoms with E-state index in [9.17, 15) is 28.8 Å². The van der Waals surface area contributed by atoms with Crippen LogP contribution < -0.4 is 52.0 Å². The van der Waals surface area contributed by atoms with Gasteiger partial charge in [0.05, 0.1) is 48.7 Å². The van der Waals surface area contributed by atoms with Gasteiger partial charge in [-0.3, -0.25) is 28.8 Å². The van der Waals surface area contributed by atoms with Crippen LogP contribution >= 0.6 is 24.8 Å². The number of rotatable bonds is 20. The molecule has 2 aromatic carbocycles. The molecule has 0 radical (unpaired) electrons. The summed E-state index contributed by atoms with van der Waals surface area (Å²) in [5.74, 6) is 0.964. The third kappa shape index (κ3) is 15.1. The Morgan fingerprint density at radius 2 is 0.938 bits per heavy atom. The van der Waals surface area contributed by atoms with E-state index in [2.05, 4.69) is 62.5 Å². The second-order valence-electron chi connectivity index (χ2n) is 23.2. The number of hydrogen-bond donors (Lipinski definition) is 8. The number of anilines is 4. The second kappa shape index (κ2) is 27.9. The van der Waals surface area contributed by atoms with Crippen LogP contribution in [0.2, 0.25) is 0 Å². The van der Waals surface area contributed by atoms with Crippen molar-refractivity contribution in [2.24, 2.45) is 22.7 Å². The van der Waals surface area contributed by atoms with Gasteiger partial charge in [0, 0.05) is 49.1 Å². The van der Waals surface area contributed by atoms with Crippen molar-refractivity contribution < 1.29 is 38.2 Å². The molecule has 7 rings (SSSR count). The molecule has 3 fully saturated rings. The average Bonchev–Trinajstić information content (AvgIpc) is 4.14. The standard InChI is InChI=1S/C56H82N14O8.2ClH/c1-31(57-9)49(71)67-45(55(3,4)5)53(75)69-21-13-15-41(69)51(73)65-39-23-35-37(25-43(39)77-11)61-29-63-47(35)59-27-33-17-19-34(20-18-33)28-60-48-36-24-40(44(78-12)26-38(36)62-30-64-48)66-52(74)42-16-14-22-70(42)54(76)46(56(6,7)8)68-50(72)32(2)58-10;;/h23-26,29-34,41-42,45-46,57-58H,13-22,27-28H2,1-12H3,(H,65,73)(H,66,74)(H,67,71)(H,68,72)(H,59,61,63)(H,60,62,64);2*1H/t31-,32-,33?,34?,41-,42-,45+,46+;;/m0../s1. The van der Waals surface area contributed by atoms with Gasteiger partial charge in [0.1, 0.15) is 60.0 Å². The molecule has 1 aliphatic carbocycles. The molecule has 6 amide bonds. The summed E-state index contributed by atoms with van der Waals surface area (Å²) in [5, 5.41) is 26.3. The Kier molecular flexibility index (Phi) is 22.5. The number of halogens is 2. The molecular weight excluding hydrogens is 1070 g/mol. The molecule has 4 heterocycles. The molecule has 6 atom stereocenters. The van der Waals surface area contributed by atoms with Crippen LogP contribution in [0.3, 0.4) is 0 Å². The molecule has 22 nitrogen and oxygen atoms in total. The molecule has 4 aromatic rings. The quantitative estimate of drug-likeness (QED) is 0.0512. The smallest absolute Gasteiger partial charge is 0.247 e. The van der Waals surface area contributed by atoms with E-state index in [1.54, 1.807) is 49.9 Å². The van der Waals surface area contributed by atoms with Crippen LogP contribution in [-0.4, -0.2) is 156 Å². The fourth-order valence-corrected chi connectivity index (χ4v) is 10.6. The molecule has 0 spiro atoms. The zero-order valence-corrected chi connectivity index (χ0v) is 50.0. The largest absolute Gasteiger partial charge is 0.494 e. The normalized spacial score (nSPS) is 19.8. The first kappa shape index (κ1) is 64.5. The van der Waals surface area contributed by atoms with Gasteiger partial charge in [-0.1, -0.05) is 41.5 Å². The predicted molar refractivity (Wildman–Crippen MR) is 316 cm³/mol. The molecule has 0 unspecified atom stereocenters. The highest BCUT2D eigenvalue weighted by Crippen LogP contribution is 2.37. The number of hydrogen-bond acceptors (Lipinski definition) is 16. The molecule has 8 N–H and O–H groups in total. The van der Waals surface area contributed by atoms with Crippen LogP contribution in [0.1, 0.15) is 107 Å². The predicted octanol–water partition coefficient (Wildman–Crippen LogP) is 5.90. The maximum Gasteiger partial charge on any atom is 0.247 e. The van der Waals surface area contributed by atoms with Crippen molar-refractivity contribution in [1.29, 1.82) is 0 Å². The number of benzene rings is 2. The Labute approximate surface area is 482 Å². The maximum absolute atomic E-state index is 14.1. The van der Waals surface area contributed by atoms with E-state index < -0.39 is 47.1 Å². The Morgan fingerprint density at radius 1 is 0.575 bits per heavy atom. The summed E-state index contributed by atoms with van der Waals surface area (Å²) >= 11 is 0. The van der Waals surface area contributed by atoms with E-state index in [0.717, 1.165) is 25.7 Å². The fourth-order valence-electron chi connectivity index (χ4n) is 10.6. The van der Waals surface area contributed by atoms with Crippen LogP contribution in [0.25, 0.3) is 21.8 Å². The summed E-state index contributed by atoms with van der Waals surface area (Å²) in [6.07, 6.45) is 9.18. The number of likely N-dealkylation sites (N-methyl/N-ethyl adjacent to an activating group) is 2. The highest BCUT2D eigenvalue weighted by Gasteiger charge is 2.44.